The fourth-order valence-electron chi connectivity index (χ4n) is 3.69. The quantitative estimate of drug-likeness (QED) is 0.763. The average Bonchev–Trinajstić information content (AvgIpc) is 2.73. The first kappa shape index (κ1) is 20.8. The van der Waals surface area contributed by atoms with Gasteiger partial charge in [0.05, 0.1) is 7.11 Å². The Balaban J connectivity index is 1.90. The molecule has 0 aliphatic carbocycles. The van der Waals surface area contributed by atoms with E-state index >= 15 is 0 Å². The van der Waals surface area contributed by atoms with E-state index in [1.54, 1.807) is 12.1 Å². The van der Waals surface area contributed by atoms with Crippen molar-refractivity contribution in [1.29, 1.82) is 0 Å². The van der Waals surface area contributed by atoms with Gasteiger partial charge in [0.15, 0.2) is 0 Å². The lowest BCUT2D eigenvalue weighted by Crippen LogP contribution is -2.44. The molecule has 0 spiro atoms. The molecule has 0 aromatic heterocycles. The van der Waals surface area contributed by atoms with E-state index in [9.17, 15) is 8.42 Å². The highest BCUT2D eigenvalue weighted by Crippen LogP contribution is 2.35. The molecule has 2 aromatic carbocycles. The third-order valence-electron chi connectivity index (χ3n) is 5.58. The highest BCUT2D eigenvalue weighted by atomic mass is 32.2. The van der Waals surface area contributed by atoms with Gasteiger partial charge in [-0.15, -0.1) is 0 Å². The molecule has 2 aromatic rings. The highest BCUT2D eigenvalue weighted by molar-refractivity contribution is 7.89. The number of rotatable bonds is 7. The summed E-state index contributed by atoms with van der Waals surface area (Å²) in [7, 11) is -2.23. The van der Waals surface area contributed by atoms with E-state index < -0.39 is 10.0 Å². The number of ether oxygens (including phenoxy) is 2. The molecule has 0 unspecified atom stereocenters. The smallest absolute Gasteiger partial charge is 0.244 e. The van der Waals surface area contributed by atoms with E-state index in [1.165, 1.54) is 7.11 Å². The van der Waals surface area contributed by atoms with Crippen LogP contribution in [0.25, 0.3) is 0 Å². The van der Waals surface area contributed by atoms with Gasteiger partial charge in [-0.2, -0.15) is 0 Å². The normalized spacial score (nSPS) is 16.9. The third-order valence-corrected chi connectivity index (χ3v) is 7.00. The van der Waals surface area contributed by atoms with Crippen molar-refractivity contribution >= 4 is 10.0 Å². The molecular formula is C22H29NO4S. The highest BCUT2D eigenvalue weighted by Gasteiger charge is 2.36. The Bertz CT molecular complexity index is 888. The molecule has 0 bridgehead atoms. The number of hydrogen-bond acceptors (Lipinski definition) is 4. The Hall–Kier alpha value is -1.89. The van der Waals surface area contributed by atoms with E-state index in [0.29, 0.717) is 25.5 Å². The van der Waals surface area contributed by atoms with Crippen LogP contribution in [0.5, 0.6) is 5.75 Å². The van der Waals surface area contributed by atoms with Crippen LogP contribution in [0.1, 0.15) is 43.7 Å². The summed E-state index contributed by atoms with van der Waals surface area (Å²) in [5.74, 6) is 0.587. The summed E-state index contributed by atoms with van der Waals surface area (Å²) in [6.45, 7) is 5.67. The van der Waals surface area contributed by atoms with Gasteiger partial charge in [0.2, 0.25) is 10.0 Å². The average molecular weight is 404 g/mol. The van der Waals surface area contributed by atoms with E-state index in [4.69, 9.17) is 9.47 Å². The van der Waals surface area contributed by atoms with Gasteiger partial charge in [0.1, 0.15) is 10.6 Å². The van der Waals surface area contributed by atoms with Gasteiger partial charge < -0.3 is 9.47 Å². The molecule has 0 atom stereocenters. The van der Waals surface area contributed by atoms with E-state index in [1.807, 2.05) is 38.1 Å². The van der Waals surface area contributed by atoms with Gasteiger partial charge in [-0.1, -0.05) is 50.2 Å². The molecule has 6 heteroatoms. The van der Waals surface area contributed by atoms with E-state index in [2.05, 4.69) is 16.9 Å². The molecule has 3 rings (SSSR count). The minimum Gasteiger partial charge on any atom is -0.495 e. The van der Waals surface area contributed by atoms with Crippen molar-refractivity contribution in [2.75, 3.05) is 26.9 Å². The first-order valence-electron chi connectivity index (χ1n) is 9.69. The zero-order valence-corrected chi connectivity index (χ0v) is 17.6. The molecule has 152 valence electrons. The maximum atomic E-state index is 13.2. The molecule has 28 heavy (non-hydrogen) atoms. The van der Waals surface area contributed by atoms with Crippen molar-refractivity contribution in [2.45, 2.75) is 42.9 Å². The largest absolute Gasteiger partial charge is 0.495 e. The lowest BCUT2D eigenvalue weighted by Gasteiger charge is -2.38. The van der Waals surface area contributed by atoms with Crippen LogP contribution in [0.3, 0.4) is 0 Å². The second-order valence-electron chi connectivity index (χ2n) is 7.65. The van der Waals surface area contributed by atoms with Crippen LogP contribution in [0.15, 0.2) is 53.4 Å². The number of methoxy groups -OCH3 is 1. The SMILES string of the molecule is COc1ccc(C(C)C)cc1S(=O)(=O)NCC1(c2ccccc2)CCOCC1. The summed E-state index contributed by atoms with van der Waals surface area (Å²) in [4.78, 5) is 0.191. The lowest BCUT2D eigenvalue weighted by atomic mass is 9.74. The predicted octanol–water partition coefficient (Wildman–Crippen LogP) is 3.85. The minimum atomic E-state index is -3.72. The standard InChI is InChI=1S/C22H29NO4S/c1-17(2)18-9-10-20(26-3)21(15-18)28(24,25)23-16-22(11-13-27-14-12-22)19-7-5-4-6-8-19/h4-10,15,17,23H,11-14,16H2,1-3H3. The zero-order chi connectivity index (χ0) is 20.2. The second kappa shape index (κ2) is 8.64. The summed E-state index contributed by atoms with van der Waals surface area (Å²) in [5.41, 5.74) is 1.84. The Labute approximate surface area is 168 Å². The minimum absolute atomic E-state index is 0.191. The Morgan fingerprint density at radius 3 is 2.39 bits per heavy atom. The van der Waals surface area contributed by atoms with Crippen molar-refractivity contribution < 1.29 is 17.9 Å². The summed E-state index contributed by atoms with van der Waals surface area (Å²) in [5, 5.41) is 0. The summed E-state index contributed by atoms with van der Waals surface area (Å²) < 4.78 is 40.1. The zero-order valence-electron chi connectivity index (χ0n) is 16.8. The number of hydrogen-bond donors (Lipinski definition) is 1. The number of nitrogens with one attached hydrogen (secondary N) is 1. The molecule has 5 nitrogen and oxygen atoms in total. The fourth-order valence-corrected chi connectivity index (χ4v) is 5.02. The molecule has 1 aliphatic rings. The van der Waals surface area contributed by atoms with Crippen LogP contribution < -0.4 is 9.46 Å². The van der Waals surface area contributed by atoms with Crippen LogP contribution in [0.4, 0.5) is 0 Å². The molecular weight excluding hydrogens is 374 g/mol. The molecule has 0 amide bonds. The molecule has 0 radical (unpaired) electrons. The van der Waals surface area contributed by atoms with Gasteiger partial charge in [0, 0.05) is 25.2 Å². The Kier molecular flexibility index (Phi) is 6.43. The van der Waals surface area contributed by atoms with Crippen LogP contribution in [0, 0.1) is 0 Å². The van der Waals surface area contributed by atoms with Crippen LogP contribution >= 0.6 is 0 Å². The maximum absolute atomic E-state index is 13.2. The fraction of sp³-hybridized carbons (Fsp3) is 0.455. The second-order valence-corrected chi connectivity index (χ2v) is 9.38. The van der Waals surface area contributed by atoms with Crippen molar-refractivity contribution in [3.05, 3.63) is 59.7 Å². The molecule has 1 N–H and O–H groups in total. The van der Waals surface area contributed by atoms with E-state index in [0.717, 1.165) is 24.0 Å². The van der Waals surface area contributed by atoms with Crippen molar-refractivity contribution in [1.82, 2.24) is 4.72 Å². The van der Waals surface area contributed by atoms with Crippen LogP contribution in [0.2, 0.25) is 0 Å². The first-order valence-corrected chi connectivity index (χ1v) is 11.2. The molecule has 0 saturated carbocycles. The van der Waals surface area contributed by atoms with Gasteiger partial charge in [-0.25, -0.2) is 13.1 Å². The van der Waals surface area contributed by atoms with Crippen LogP contribution in [-0.4, -0.2) is 35.3 Å². The summed E-state index contributed by atoms with van der Waals surface area (Å²) in [6.07, 6.45) is 1.56. The summed E-state index contributed by atoms with van der Waals surface area (Å²) in [6, 6.07) is 15.5. The van der Waals surface area contributed by atoms with Crippen molar-refractivity contribution in [3.63, 3.8) is 0 Å². The predicted molar refractivity (Wildman–Crippen MR) is 110 cm³/mol. The van der Waals surface area contributed by atoms with Crippen LogP contribution in [-0.2, 0) is 20.2 Å². The van der Waals surface area contributed by atoms with Gasteiger partial charge >= 0.3 is 0 Å². The number of benzene rings is 2. The van der Waals surface area contributed by atoms with Crippen molar-refractivity contribution in [2.24, 2.45) is 0 Å². The van der Waals surface area contributed by atoms with Gasteiger partial charge in [-0.3, -0.25) is 0 Å². The number of sulfonamides is 1. The topological polar surface area (TPSA) is 64.6 Å². The Morgan fingerprint density at radius 1 is 1.11 bits per heavy atom. The van der Waals surface area contributed by atoms with Gasteiger partial charge in [0.25, 0.3) is 0 Å². The monoisotopic (exact) mass is 403 g/mol. The summed E-state index contributed by atoms with van der Waals surface area (Å²) >= 11 is 0. The first-order chi connectivity index (χ1) is 13.4. The van der Waals surface area contributed by atoms with Gasteiger partial charge in [-0.05, 0) is 42.0 Å². The molecule has 1 fully saturated rings. The third kappa shape index (κ3) is 4.40. The maximum Gasteiger partial charge on any atom is 0.244 e. The van der Waals surface area contributed by atoms with E-state index in [-0.39, 0.29) is 16.2 Å². The molecule has 1 saturated heterocycles. The Morgan fingerprint density at radius 2 is 1.79 bits per heavy atom. The van der Waals surface area contributed by atoms with Crippen molar-refractivity contribution in [3.8, 4) is 5.75 Å². The molecule has 1 heterocycles. The molecule has 1 aliphatic heterocycles. The lowest BCUT2D eigenvalue weighted by molar-refractivity contribution is 0.0517.